The molecule has 0 spiro atoms. The molecule has 2 unspecified atom stereocenters. The molecule has 0 aromatic carbocycles. The number of nitrogens with zero attached hydrogens (tertiary/aromatic N) is 2. The Hall–Kier alpha value is -1.46. The molecule has 2 aliphatic carbocycles. The van der Waals surface area contributed by atoms with E-state index in [1.54, 1.807) is 6.07 Å². The third kappa shape index (κ3) is 1.77. The van der Waals surface area contributed by atoms with Crippen LogP contribution < -0.4 is 0 Å². The fraction of sp³-hybridized carbons (Fsp3) is 0.714. The molecule has 3 fully saturated rings. The number of halogens is 2. The van der Waals surface area contributed by atoms with Gasteiger partial charge in [-0.2, -0.15) is 0 Å². The van der Waals surface area contributed by atoms with Crippen LogP contribution in [-0.2, 0) is 0 Å². The minimum Gasteiger partial charge on any atom is -0.360 e. The number of aromatic nitrogens is 1. The zero-order chi connectivity index (χ0) is 13.9. The Kier molecular flexibility index (Phi) is 2.47. The van der Waals surface area contributed by atoms with Crippen molar-refractivity contribution in [3.8, 4) is 0 Å². The Morgan fingerprint density at radius 2 is 1.90 bits per heavy atom. The van der Waals surface area contributed by atoms with Crippen molar-refractivity contribution in [2.24, 2.45) is 11.8 Å². The number of alkyl halides is 2. The van der Waals surface area contributed by atoms with Crippen LogP contribution in [0.2, 0.25) is 0 Å². The molecule has 2 atom stereocenters. The predicted molar refractivity (Wildman–Crippen MR) is 65.5 cm³/mol. The van der Waals surface area contributed by atoms with Gasteiger partial charge in [0.1, 0.15) is 5.76 Å². The first-order chi connectivity index (χ1) is 9.55. The van der Waals surface area contributed by atoms with Gasteiger partial charge in [0.15, 0.2) is 5.69 Å². The molecule has 3 aliphatic rings. The lowest BCUT2D eigenvalue weighted by atomic mass is 9.93. The van der Waals surface area contributed by atoms with Gasteiger partial charge in [-0.1, -0.05) is 5.16 Å². The molecule has 2 saturated carbocycles. The van der Waals surface area contributed by atoms with Gasteiger partial charge in [-0.15, -0.1) is 0 Å². The summed E-state index contributed by atoms with van der Waals surface area (Å²) in [6.07, 6.45) is 3.16. The summed E-state index contributed by atoms with van der Waals surface area (Å²) in [4.78, 5) is 13.9. The molecule has 4 rings (SSSR count). The van der Waals surface area contributed by atoms with Crippen molar-refractivity contribution in [1.82, 2.24) is 10.1 Å². The van der Waals surface area contributed by atoms with Crippen LogP contribution >= 0.6 is 0 Å². The van der Waals surface area contributed by atoms with Crippen LogP contribution in [0.1, 0.15) is 47.8 Å². The summed E-state index contributed by atoms with van der Waals surface area (Å²) in [6, 6.07) is 1.68. The van der Waals surface area contributed by atoms with Crippen molar-refractivity contribution >= 4 is 5.91 Å². The van der Waals surface area contributed by atoms with E-state index in [0.29, 0.717) is 18.8 Å². The summed E-state index contributed by atoms with van der Waals surface area (Å²) in [5.41, 5.74) is 0.261. The molecule has 0 N–H and O–H groups in total. The van der Waals surface area contributed by atoms with Crippen molar-refractivity contribution in [3.05, 3.63) is 17.5 Å². The van der Waals surface area contributed by atoms with Crippen LogP contribution in [0, 0.1) is 11.8 Å². The third-order valence-electron chi connectivity index (χ3n) is 4.85. The number of hydrogen-bond donors (Lipinski definition) is 0. The first kappa shape index (κ1) is 12.3. The molecule has 2 heterocycles. The average Bonchev–Trinajstić information content (AvgIpc) is 3.14. The van der Waals surface area contributed by atoms with Crippen molar-refractivity contribution < 1.29 is 18.1 Å². The van der Waals surface area contributed by atoms with Gasteiger partial charge in [-0.25, -0.2) is 8.78 Å². The Labute approximate surface area is 115 Å². The van der Waals surface area contributed by atoms with Crippen LogP contribution in [0.25, 0.3) is 0 Å². The van der Waals surface area contributed by atoms with Gasteiger partial charge in [0.2, 0.25) is 0 Å². The summed E-state index contributed by atoms with van der Waals surface area (Å²) in [7, 11) is 0. The Morgan fingerprint density at radius 1 is 1.25 bits per heavy atom. The van der Waals surface area contributed by atoms with Gasteiger partial charge in [0.05, 0.1) is 0 Å². The second kappa shape index (κ2) is 4.02. The number of piperidine rings is 1. The monoisotopic (exact) mass is 282 g/mol. The van der Waals surface area contributed by atoms with Crippen molar-refractivity contribution in [2.45, 2.75) is 37.5 Å². The second-order valence-corrected chi connectivity index (χ2v) is 6.24. The van der Waals surface area contributed by atoms with Crippen molar-refractivity contribution in [1.29, 1.82) is 0 Å². The van der Waals surface area contributed by atoms with Crippen LogP contribution in [0.5, 0.6) is 0 Å². The highest BCUT2D eigenvalue weighted by atomic mass is 19.3. The number of carbonyl (C=O) groups is 1. The molecule has 20 heavy (non-hydrogen) atoms. The zero-order valence-corrected chi connectivity index (χ0v) is 11.0. The van der Waals surface area contributed by atoms with E-state index >= 15 is 0 Å². The van der Waals surface area contributed by atoms with Gasteiger partial charge < -0.3 is 9.42 Å². The molecule has 1 amide bonds. The average molecular weight is 282 g/mol. The van der Waals surface area contributed by atoms with Gasteiger partial charge in [-0.05, 0) is 25.7 Å². The first-order valence-corrected chi connectivity index (χ1v) is 7.19. The molecule has 1 aromatic heterocycles. The lowest BCUT2D eigenvalue weighted by molar-refractivity contribution is -0.110. The summed E-state index contributed by atoms with van der Waals surface area (Å²) in [5, 5.41) is 3.81. The number of amides is 1. The van der Waals surface area contributed by atoms with Gasteiger partial charge in [-0.3, -0.25) is 4.79 Å². The molecule has 1 aromatic rings. The Balaban J connectivity index is 1.51. The van der Waals surface area contributed by atoms with Crippen LogP contribution in [-0.4, -0.2) is 35.0 Å². The summed E-state index contributed by atoms with van der Waals surface area (Å²) >= 11 is 0. The zero-order valence-electron chi connectivity index (χ0n) is 11.0. The SMILES string of the molecule is O=C(c1cc(C2CC2)on1)N1CC2CCC(C1)C2(F)F. The van der Waals surface area contributed by atoms with Gasteiger partial charge >= 0.3 is 0 Å². The molecule has 4 nitrogen and oxygen atoms in total. The highest BCUT2D eigenvalue weighted by molar-refractivity contribution is 5.92. The topological polar surface area (TPSA) is 46.3 Å². The van der Waals surface area contributed by atoms with Gasteiger partial charge in [0, 0.05) is 36.9 Å². The summed E-state index contributed by atoms with van der Waals surface area (Å²) in [5.74, 6) is -3.13. The smallest absolute Gasteiger partial charge is 0.276 e. The second-order valence-electron chi connectivity index (χ2n) is 6.24. The summed E-state index contributed by atoms with van der Waals surface area (Å²) < 4.78 is 32.8. The van der Waals surface area contributed by atoms with Gasteiger partial charge in [0.25, 0.3) is 11.8 Å². The molecule has 1 aliphatic heterocycles. The molecular formula is C14H16F2N2O2. The number of carbonyl (C=O) groups excluding carboxylic acids is 1. The van der Waals surface area contributed by atoms with Crippen molar-refractivity contribution in [2.75, 3.05) is 13.1 Å². The molecule has 1 saturated heterocycles. The number of fused-ring (bicyclic) bond motifs is 2. The van der Waals surface area contributed by atoms with E-state index in [4.69, 9.17) is 4.52 Å². The predicted octanol–water partition coefficient (Wildman–Crippen LogP) is 2.67. The van der Waals surface area contributed by atoms with Crippen LogP contribution in [0.15, 0.2) is 10.6 Å². The van der Waals surface area contributed by atoms with E-state index in [1.165, 1.54) is 4.90 Å². The van der Waals surface area contributed by atoms with E-state index in [-0.39, 0.29) is 24.7 Å². The number of hydrogen-bond acceptors (Lipinski definition) is 3. The minimum atomic E-state index is -2.61. The Morgan fingerprint density at radius 3 is 2.50 bits per heavy atom. The fourth-order valence-electron chi connectivity index (χ4n) is 3.43. The number of rotatable bonds is 2. The van der Waals surface area contributed by atoms with E-state index in [1.807, 2.05) is 0 Å². The molecule has 6 heteroatoms. The normalized spacial score (nSPS) is 31.6. The van der Waals surface area contributed by atoms with Crippen LogP contribution in [0.3, 0.4) is 0 Å². The highest BCUT2D eigenvalue weighted by Gasteiger charge is 2.56. The largest absolute Gasteiger partial charge is 0.360 e. The van der Waals surface area contributed by atoms with Crippen molar-refractivity contribution in [3.63, 3.8) is 0 Å². The minimum absolute atomic E-state index is 0.133. The standard InChI is InChI=1S/C14H16F2N2O2/c15-14(16)9-3-4-10(14)7-18(6-9)13(19)11-5-12(20-17-11)8-1-2-8/h5,8-10H,1-4,6-7H2. The molecule has 108 valence electrons. The number of likely N-dealkylation sites (tertiary alicyclic amines) is 1. The summed E-state index contributed by atoms with van der Waals surface area (Å²) in [6.45, 7) is 0.266. The first-order valence-electron chi connectivity index (χ1n) is 7.19. The maximum absolute atomic E-state index is 13.8. The molecular weight excluding hydrogens is 266 g/mol. The van der Waals surface area contributed by atoms with E-state index < -0.39 is 17.8 Å². The van der Waals surface area contributed by atoms with E-state index in [0.717, 1.165) is 18.6 Å². The molecule has 2 bridgehead atoms. The van der Waals surface area contributed by atoms with E-state index in [2.05, 4.69) is 5.16 Å². The fourth-order valence-corrected chi connectivity index (χ4v) is 3.43. The lowest BCUT2D eigenvalue weighted by Gasteiger charge is -2.37. The lowest BCUT2D eigenvalue weighted by Crippen LogP contribution is -2.50. The van der Waals surface area contributed by atoms with E-state index in [9.17, 15) is 13.6 Å². The van der Waals surface area contributed by atoms with Crippen LogP contribution in [0.4, 0.5) is 8.78 Å². The Bertz CT molecular complexity index is 537. The molecule has 0 radical (unpaired) electrons. The highest BCUT2D eigenvalue weighted by Crippen LogP contribution is 2.49. The third-order valence-corrected chi connectivity index (χ3v) is 4.85. The maximum atomic E-state index is 13.8. The maximum Gasteiger partial charge on any atom is 0.276 e. The quantitative estimate of drug-likeness (QED) is 0.837.